The molecule has 156 valence electrons. The summed E-state index contributed by atoms with van der Waals surface area (Å²) in [5, 5.41) is 0.720. The molecular formula is C26H22ClNO3. The lowest BCUT2D eigenvalue weighted by atomic mass is 9.98. The van der Waals surface area contributed by atoms with Crippen LogP contribution in [-0.2, 0) is 13.1 Å². The summed E-state index contributed by atoms with van der Waals surface area (Å²) < 4.78 is 12.2. The van der Waals surface area contributed by atoms with E-state index in [2.05, 4.69) is 4.90 Å². The van der Waals surface area contributed by atoms with Gasteiger partial charge in [-0.2, -0.15) is 0 Å². The molecule has 2 aliphatic rings. The maximum Gasteiger partial charge on any atom is 0.232 e. The van der Waals surface area contributed by atoms with E-state index in [9.17, 15) is 4.79 Å². The Balaban J connectivity index is 1.46. The number of ether oxygens (including phenoxy) is 2. The first-order chi connectivity index (χ1) is 15.0. The van der Waals surface area contributed by atoms with Crippen molar-refractivity contribution in [1.82, 2.24) is 4.90 Å². The minimum atomic E-state index is -0.0772. The number of Topliss-reactive ketones (excluding diaryl/α,β-unsaturated/α-hetero) is 1. The van der Waals surface area contributed by atoms with E-state index >= 15 is 0 Å². The van der Waals surface area contributed by atoms with E-state index in [4.69, 9.17) is 21.1 Å². The Hall–Kier alpha value is -3.08. The highest BCUT2D eigenvalue weighted by Gasteiger charge is 2.35. The molecule has 0 saturated carbocycles. The van der Waals surface area contributed by atoms with Gasteiger partial charge in [0.05, 0.1) is 11.1 Å². The number of hydrogen-bond acceptors (Lipinski definition) is 4. The zero-order valence-electron chi connectivity index (χ0n) is 17.4. The van der Waals surface area contributed by atoms with Crippen molar-refractivity contribution in [3.63, 3.8) is 0 Å². The number of aryl methyl sites for hydroxylation is 2. The number of rotatable bonds is 3. The Kier molecular flexibility index (Phi) is 5.05. The molecule has 0 aliphatic carbocycles. The fourth-order valence-corrected chi connectivity index (χ4v) is 4.26. The zero-order chi connectivity index (χ0) is 21.5. The number of benzene rings is 3. The summed E-state index contributed by atoms with van der Waals surface area (Å²) in [5.41, 5.74) is 5.66. The van der Waals surface area contributed by atoms with Crippen molar-refractivity contribution in [3.05, 3.63) is 98.8 Å². The smallest absolute Gasteiger partial charge is 0.232 e. The maximum atomic E-state index is 13.1. The Morgan fingerprint density at radius 3 is 2.68 bits per heavy atom. The first-order valence-electron chi connectivity index (χ1n) is 10.2. The number of fused-ring (bicyclic) bond motifs is 3. The topological polar surface area (TPSA) is 38.8 Å². The number of carbonyl (C=O) groups is 1. The van der Waals surface area contributed by atoms with Crippen molar-refractivity contribution in [2.45, 2.75) is 26.9 Å². The molecule has 2 aliphatic heterocycles. The molecular weight excluding hydrogens is 410 g/mol. The molecule has 0 bridgehead atoms. The number of ketones is 1. The van der Waals surface area contributed by atoms with E-state index in [1.807, 2.05) is 74.5 Å². The second-order valence-electron chi connectivity index (χ2n) is 8.12. The molecule has 0 unspecified atom stereocenters. The number of halogens is 1. The predicted molar refractivity (Wildman–Crippen MR) is 121 cm³/mol. The van der Waals surface area contributed by atoms with Crippen molar-refractivity contribution in [1.29, 1.82) is 0 Å². The van der Waals surface area contributed by atoms with Crippen molar-refractivity contribution < 1.29 is 14.3 Å². The van der Waals surface area contributed by atoms with Gasteiger partial charge in [-0.15, -0.1) is 0 Å². The van der Waals surface area contributed by atoms with Crippen molar-refractivity contribution in [3.8, 4) is 11.5 Å². The molecule has 0 amide bonds. The predicted octanol–water partition coefficient (Wildman–Crippen LogP) is 5.93. The van der Waals surface area contributed by atoms with Gasteiger partial charge in [-0.3, -0.25) is 9.69 Å². The standard InChI is InChI=1S/C26H22ClNO3/c1-16-4-3-5-19(10-16)12-23-25(29)24-17(2)11-22-21(26(24)31-23)14-28(15-30-22)13-18-6-8-20(27)9-7-18/h3-12H,13-15H2,1-2H3/b23-12-. The molecule has 0 N–H and O–H groups in total. The van der Waals surface area contributed by atoms with Crippen LogP contribution in [0.3, 0.4) is 0 Å². The molecule has 0 fully saturated rings. The van der Waals surface area contributed by atoms with Gasteiger partial charge in [0, 0.05) is 18.1 Å². The zero-order valence-corrected chi connectivity index (χ0v) is 18.2. The Morgan fingerprint density at radius 1 is 1.10 bits per heavy atom. The van der Waals surface area contributed by atoms with Crippen LogP contribution in [0.1, 0.15) is 38.2 Å². The van der Waals surface area contributed by atoms with Crippen LogP contribution in [0.5, 0.6) is 11.5 Å². The SMILES string of the molecule is Cc1cccc(/C=C2\Oc3c4c(cc(C)c3C2=O)OCN(Cc2ccc(Cl)cc2)C4)c1. The van der Waals surface area contributed by atoms with Crippen LogP contribution < -0.4 is 9.47 Å². The molecule has 31 heavy (non-hydrogen) atoms. The molecule has 0 radical (unpaired) electrons. The first-order valence-corrected chi connectivity index (χ1v) is 10.6. The van der Waals surface area contributed by atoms with Gasteiger partial charge in [0.25, 0.3) is 0 Å². The first kappa shape index (κ1) is 19.9. The van der Waals surface area contributed by atoms with E-state index in [1.54, 1.807) is 0 Å². The number of nitrogens with zero attached hydrogens (tertiary/aromatic N) is 1. The van der Waals surface area contributed by atoms with Crippen molar-refractivity contribution in [2.24, 2.45) is 0 Å². The number of hydrogen-bond donors (Lipinski definition) is 0. The lowest BCUT2D eigenvalue weighted by molar-refractivity contribution is 0.0872. The molecule has 4 nitrogen and oxygen atoms in total. The normalized spacial score (nSPS) is 16.6. The van der Waals surface area contributed by atoms with Crippen molar-refractivity contribution >= 4 is 23.5 Å². The highest BCUT2D eigenvalue weighted by Crippen LogP contribution is 2.44. The quantitative estimate of drug-likeness (QED) is 0.482. The van der Waals surface area contributed by atoms with Gasteiger partial charge in [0.2, 0.25) is 5.78 Å². The number of carbonyl (C=O) groups excluding carboxylic acids is 1. The third-order valence-corrected chi connectivity index (χ3v) is 5.90. The summed E-state index contributed by atoms with van der Waals surface area (Å²) in [6.45, 7) is 5.80. The van der Waals surface area contributed by atoms with Crippen LogP contribution in [-0.4, -0.2) is 17.4 Å². The summed E-state index contributed by atoms with van der Waals surface area (Å²) in [6, 6.07) is 17.8. The van der Waals surface area contributed by atoms with Gasteiger partial charge in [-0.1, -0.05) is 53.6 Å². The van der Waals surface area contributed by atoms with Crippen LogP contribution in [0.2, 0.25) is 5.02 Å². The average Bonchev–Trinajstić information content (AvgIpc) is 3.07. The van der Waals surface area contributed by atoms with Gasteiger partial charge >= 0.3 is 0 Å². The highest BCUT2D eigenvalue weighted by atomic mass is 35.5. The summed E-state index contributed by atoms with van der Waals surface area (Å²) in [6.07, 6.45) is 1.82. The highest BCUT2D eigenvalue weighted by molar-refractivity contribution is 6.30. The molecule has 0 atom stereocenters. The van der Waals surface area contributed by atoms with E-state index in [-0.39, 0.29) is 5.78 Å². The molecule has 3 aromatic carbocycles. The Labute approximate surface area is 186 Å². The summed E-state index contributed by atoms with van der Waals surface area (Å²) >= 11 is 6.00. The molecule has 0 spiro atoms. The van der Waals surface area contributed by atoms with Crippen LogP contribution >= 0.6 is 11.6 Å². The summed E-state index contributed by atoms with van der Waals surface area (Å²) in [4.78, 5) is 15.3. The second-order valence-corrected chi connectivity index (χ2v) is 8.55. The van der Waals surface area contributed by atoms with Gasteiger partial charge < -0.3 is 9.47 Å². The van der Waals surface area contributed by atoms with E-state index in [0.717, 1.165) is 45.1 Å². The maximum absolute atomic E-state index is 13.1. The van der Waals surface area contributed by atoms with Crippen LogP contribution in [0.4, 0.5) is 0 Å². The lowest BCUT2D eigenvalue weighted by Crippen LogP contribution is -2.31. The van der Waals surface area contributed by atoms with Crippen LogP contribution in [0, 0.1) is 13.8 Å². The van der Waals surface area contributed by atoms with Crippen LogP contribution in [0.15, 0.2) is 60.4 Å². The average molecular weight is 432 g/mol. The van der Waals surface area contributed by atoms with Crippen LogP contribution in [0.25, 0.3) is 6.08 Å². The molecule has 5 rings (SSSR count). The van der Waals surface area contributed by atoms with E-state index < -0.39 is 0 Å². The van der Waals surface area contributed by atoms with Gasteiger partial charge in [0.15, 0.2) is 5.76 Å². The summed E-state index contributed by atoms with van der Waals surface area (Å²) in [5.74, 6) is 1.69. The molecule has 2 heterocycles. The number of allylic oxidation sites excluding steroid dienone is 1. The second kappa shape index (κ2) is 7.88. The van der Waals surface area contributed by atoms with Gasteiger partial charge in [-0.25, -0.2) is 0 Å². The van der Waals surface area contributed by atoms with Crippen molar-refractivity contribution in [2.75, 3.05) is 6.73 Å². The fraction of sp³-hybridized carbons (Fsp3) is 0.192. The van der Waals surface area contributed by atoms with E-state index in [1.165, 1.54) is 0 Å². The molecule has 5 heteroatoms. The largest absolute Gasteiger partial charge is 0.478 e. The third-order valence-electron chi connectivity index (χ3n) is 5.65. The minimum absolute atomic E-state index is 0.0772. The third kappa shape index (κ3) is 3.85. The fourth-order valence-electron chi connectivity index (χ4n) is 4.14. The van der Waals surface area contributed by atoms with E-state index in [0.29, 0.717) is 30.3 Å². The molecule has 0 saturated heterocycles. The van der Waals surface area contributed by atoms with Gasteiger partial charge in [0.1, 0.15) is 18.2 Å². The lowest BCUT2D eigenvalue weighted by Gasteiger charge is -2.30. The Morgan fingerprint density at radius 2 is 1.90 bits per heavy atom. The summed E-state index contributed by atoms with van der Waals surface area (Å²) in [7, 11) is 0. The Bertz CT molecular complexity index is 1210. The monoisotopic (exact) mass is 431 g/mol. The minimum Gasteiger partial charge on any atom is -0.478 e. The molecule has 3 aromatic rings. The molecule has 0 aromatic heterocycles. The van der Waals surface area contributed by atoms with Gasteiger partial charge in [-0.05, 0) is 54.8 Å².